The molecular weight excluding hydrogens is 222 g/mol. The van der Waals surface area contributed by atoms with E-state index in [1.807, 2.05) is 0 Å². The zero-order chi connectivity index (χ0) is 12.1. The van der Waals surface area contributed by atoms with E-state index in [0.29, 0.717) is 19.0 Å². The van der Waals surface area contributed by atoms with Crippen LogP contribution in [0.1, 0.15) is 12.8 Å². The summed E-state index contributed by atoms with van der Waals surface area (Å²) in [5, 5.41) is 13.6. The van der Waals surface area contributed by atoms with Crippen LogP contribution in [0.4, 0.5) is 11.5 Å². The molecule has 1 aromatic rings. The number of ether oxygens (including phenoxy) is 1. The number of nitro groups is 1. The van der Waals surface area contributed by atoms with E-state index in [-0.39, 0.29) is 5.69 Å². The van der Waals surface area contributed by atoms with Gasteiger partial charge in [-0.1, -0.05) is 0 Å². The Hall–Kier alpha value is -1.69. The zero-order valence-electron chi connectivity index (χ0n) is 9.46. The molecule has 1 aromatic heterocycles. The minimum absolute atomic E-state index is 0.00491. The van der Waals surface area contributed by atoms with Crippen molar-refractivity contribution in [3.63, 3.8) is 0 Å². The summed E-state index contributed by atoms with van der Waals surface area (Å²) in [6.45, 7) is 1.88. The van der Waals surface area contributed by atoms with E-state index in [4.69, 9.17) is 4.74 Å². The van der Waals surface area contributed by atoms with Gasteiger partial charge in [0.15, 0.2) is 0 Å². The van der Waals surface area contributed by atoms with Gasteiger partial charge in [-0.05, 0) is 24.8 Å². The van der Waals surface area contributed by atoms with E-state index >= 15 is 0 Å². The lowest BCUT2D eigenvalue weighted by atomic mass is 10.4. The summed E-state index contributed by atoms with van der Waals surface area (Å²) in [6, 6.07) is 2.98. The summed E-state index contributed by atoms with van der Waals surface area (Å²) < 4.78 is 5.42. The Morgan fingerprint density at radius 3 is 3.12 bits per heavy atom. The van der Waals surface area contributed by atoms with Crippen LogP contribution in [-0.4, -0.2) is 29.7 Å². The third kappa shape index (κ3) is 3.67. The minimum atomic E-state index is -0.444. The number of nitrogens with one attached hydrogen (secondary N) is 1. The molecule has 2 rings (SSSR count). The van der Waals surface area contributed by atoms with Crippen molar-refractivity contribution in [2.75, 3.05) is 25.1 Å². The molecule has 1 N–H and O–H groups in total. The molecule has 1 heterocycles. The van der Waals surface area contributed by atoms with Crippen molar-refractivity contribution in [1.29, 1.82) is 0 Å². The van der Waals surface area contributed by atoms with Crippen molar-refractivity contribution in [2.45, 2.75) is 12.8 Å². The average molecular weight is 237 g/mol. The van der Waals surface area contributed by atoms with Crippen LogP contribution in [0.2, 0.25) is 0 Å². The Labute approximate surface area is 99.2 Å². The number of hydrogen-bond acceptors (Lipinski definition) is 5. The topological polar surface area (TPSA) is 77.3 Å². The van der Waals surface area contributed by atoms with Crippen LogP contribution in [0.5, 0.6) is 0 Å². The van der Waals surface area contributed by atoms with Crippen LogP contribution >= 0.6 is 0 Å². The molecule has 6 nitrogen and oxygen atoms in total. The van der Waals surface area contributed by atoms with Gasteiger partial charge in [-0.3, -0.25) is 10.1 Å². The lowest BCUT2D eigenvalue weighted by molar-refractivity contribution is -0.384. The smallest absolute Gasteiger partial charge is 0.311 e. The number of hydrogen-bond donors (Lipinski definition) is 1. The molecule has 6 heteroatoms. The van der Waals surface area contributed by atoms with Gasteiger partial charge in [-0.25, -0.2) is 4.98 Å². The van der Waals surface area contributed by atoms with E-state index in [9.17, 15) is 10.1 Å². The number of anilines is 1. The average Bonchev–Trinajstić information content (AvgIpc) is 3.13. The second-order valence-corrected chi connectivity index (χ2v) is 4.07. The molecule has 0 spiro atoms. The molecule has 0 saturated heterocycles. The first-order valence-electron chi connectivity index (χ1n) is 5.68. The summed E-state index contributed by atoms with van der Waals surface area (Å²) in [7, 11) is 0. The van der Waals surface area contributed by atoms with Crippen molar-refractivity contribution in [3.8, 4) is 0 Å². The maximum atomic E-state index is 10.7. The van der Waals surface area contributed by atoms with Crippen LogP contribution in [0.3, 0.4) is 0 Å². The highest BCUT2D eigenvalue weighted by Crippen LogP contribution is 2.28. The molecule has 0 radical (unpaired) electrons. The molecule has 0 atom stereocenters. The molecule has 1 saturated carbocycles. The van der Waals surface area contributed by atoms with Crippen molar-refractivity contribution in [2.24, 2.45) is 5.92 Å². The second-order valence-electron chi connectivity index (χ2n) is 4.07. The van der Waals surface area contributed by atoms with Crippen LogP contribution in [0, 0.1) is 16.0 Å². The molecule has 0 amide bonds. The Morgan fingerprint density at radius 1 is 1.59 bits per heavy atom. The Balaban J connectivity index is 1.75. The molecule has 0 aromatic carbocycles. The predicted molar refractivity (Wildman–Crippen MR) is 62.9 cm³/mol. The Morgan fingerprint density at radius 2 is 2.41 bits per heavy atom. The van der Waals surface area contributed by atoms with E-state index < -0.39 is 4.92 Å². The van der Waals surface area contributed by atoms with Crippen molar-refractivity contribution in [1.82, 2.24) is 4.98 Å². The monoisotopic (exact) mass is 237 g/mol. The summed E-state index contributed by atoms with van der Waals surface area (Å²) in [5.41, 5.74) is -0.00491. The second kappa shape index (κ2) is 5.58. The molecule has 92 valence electrons. The number of nitrogens with zero attached hydrogens (tertiary/aromatic N) is 2. The van der Waals surface area contributed by atoms with Crippen LogP contribution in [-0.2, 0) is 4.74 Å². The van der Waals surface area contributed by atoms with Gasteiger partial charge in [0.05, 0.1) is 11.5 Å². The summed E-state index contributed by atoms with van der Waals surface area (Å²) in [4.78, 5) is 14.2. The SMILES string of the molecule is O=[N+]([O-])c1cccnc1NCCOCC1CC1. The number of aromatic nitrogens is 1. The van der Waals surface area contributed by atoms with E-state index in [1.165, 1.54) is 25.1 Å². The van der Waals surface area contributed by atoms with Crippen LogP contribution in [0.25, 0.3) is 0 Å². The predicted octanol–water partition coefficient (Wildman–Crippen LogP) is 1.83. The highest BCUT2D eigenvalue weighted by Gasteiger charge is 2.21. The first-order valence-corrected chi connectivity index (χ1v) is 5.68. The van der Waals surface area contributed by atoms with Gasteiger partial charge in [0.1, 0.15) is 0 Å². The molecular formula is C11H15N3O3. The van der Waals surface area contributed by atoms with E-state index in [2.05, 4.69) is 10.3 Å². The van der Waals surface area contributed by atoms with E-state index in [0.717, 1.165) is 12.5 Å². The van der Waals surface area contributed by atoms with Gasteiger partial charge in [0, 0.05) is 25.4 Å². The van der Waals surface area contributed by atoms with Crippen molar-refractivity contribution >= 4 is 11.5 Å². The highest BCUT2D eigenvalue weighted by atomic mass is 16.6. The number of pyridine rings is 1. The van der Waals surface area contributed by atoms with Gasteiger partial charge < -0.3 is 10.1 Å². The van der Waals surface area contributed by atoms with Gasteiger partial charge in [0.25, 0.3) is 0 Å². The molecule has 0 unspecified atom stereocenters. The first kappa shape index (κ1) is 11.8. The van der Waals surface area contributed by atoms with Crippen molar-refractivity contribution < 1.29 is 9.66 Å². The van der Waals surface area contributed by atoms with Gasteiger partial charge >= 0.3 is 5.69 Å². The van der Waals surface area contributed by atoms with Gasteiger partial charge in [-0.2, -0.15) is 0 Å². The lowest BCUT2D eigenvalue weighted by Crippen LogP contribution is -2.12. The minimum Gasteiger partial charge on any atom is -0.379 e. The fourth-order valence-electron chi connectivity index (χ4n) is 1.46. The first-order chi connectivity index (χ1) is 8.27. The quantitative estimate of drug-likeness (QED) is 0.444. The summed E-state index contributed by atoms with van der Waals surface area (Å²) in [6.07, 6.45) is 4.05. The molecule has 0 bridgehead atoms. The normalized spacial score (nSPS) is 14.6. The molecule has 17 heavy (non-hydrogen) atoms. The largest absolute Gasteiger partial charge is 0.379 e. The number of rotatable bonds is 7. The molecule has 0 aliphatic heterocycles. The standard InChI is InChI=1S/C11H15N3O3/c15-14(16)10-2-1-5-12-11(10)13-6-7-17-8-9-3-4-9/h1-2,5,9H,3-4,6-8H2,(H,12,13). The van der Waals surface area contributed by atoms with Crippen molar-refractivity contribution in [3.05, 3.63) is 28.4 Å². The van der Waals surface area contributed by atoms with E-state index in [1.54, 1.807) is 6.07 Å². The molecule has 1 aliphatic carbocycles. The summed E-state index contributed by atoms with van der Waals surface area (Å²) >= 11 is 0. The van der Waals surface area contributed by atoms with Gasteiger partial charge in [0.2, 0.25) is 5.82 Å². The maximum Gasteiger partial charge on any atom is 0.311 e. The molecule has 1 aliphatic rings. The Kier molecular flexibility index (Phi) is 3.87. The molecule has 1 fully saturated rings. The Bertz CT molecular complexity index is 393. The highest BCUT2D eigenvalue weighted by molar-refractivity contribution is 5.54. The lowest BCUT2D eigenvalue weighted by Gasteiger charge is -2.06. The third-order valence-corrected chi connectivity index (χ3v) is 2.57. The summed E-state index contributed by atoms with van der Waals surface area (Å²) in [5.74, 6) is 1.03. The third-order valence-electron chi connectivity index (χ3n) is 2.57. The fourth-order valence-corrected chi connectivity index (χ4v) is 1.46. The fraction of sp³-hybridized carbons (Fsp3) is 0.545. The zero-order valence-corrected chi connectivity index (χ0v) is 9.46. The maximum absolute atomic E-state index is 10.7. The van der Waals surface area contributed by atoms with Gasteiger partial charge in [-0.15, -0.1) is 0 Å². The van der Waals surface area contributed by atoms with Crippen LogP contribution < -0.4 is 5.32 Å². The van der Waals surface area contributed by atoms with Crippen LogP contribution in [0.15, 0.2) is 18.3 Å².